The normalized spacial score (nSPS) is 14.9. The van der Waals surface area contributed by atoms with Crippen molar-refractivity contribution in [2.24, 2.45) is 0 Å². The topological polar surface area (TPSA) is 50.8 Å². The lowest BCUT2D eigenvalue weighted by Crippen LogP contribution is -2.39. The van der Waals surface area contributed by atoms with E-state index in [0.29, 0.717) is 18.0 Å². The van der Waals surface area contributed by atoms with Gasteiger partial charge in [0.15, 0.2) is 11.5 Å². The number of aryl methyl sites for hydroxylation is 1. The lowest BCUT2D eigenvalue weighted by molar-refractivity contribution is 0.175. The Morgan fingerprint density at radius 2 is 1.78 bits per heavy atom. The summed E-state index contributed by atoms with van der Waals surface area (Å²) in [5.74, 6) is 1.32. The molecular formula is C26H27BrN2O3. The molecule has 1 N–H and O–H groups in total. The zero-order chi connectivity index (χ0) is 22.5. The van der Waals surface area contributed by atoms with Crippen LogP contribution in [0.15, 0.2) is 71.2 Å². The molecule has 0 aromatic heterocycles. The molecule has 0 radical (unpaired) electrons. The SMILES string of the molecule is COc1ccc(CN(C(=O)Nc2ccccc2Br)C2CCCc3ccccc32)cc1OC. The minimum atomic E-state index is -0.131. The minimum Gasteiger partial charge on any atom is -0.493 e. The number of fused-ring (bicyclic) bond motifs is 1. The molecule has 0 aliphatic heterocycles. The number of ether oxygens (including phenoxy) is 2. The number of para-hydroxylation sites is 1. The van der Waals surface area contributed by atoms with Crippen molar-refractivity contribution in [3.63, 3.8) is 0 Å². The van der Waals surface area contributed by atoms with Gasteiger partial charge in [-0.05, 0) is 76.1 Å². The number of hydrogen-bond acceptors (Lipinski definition) is 3. The molecule has 1 aliphatic rings. The van der Waals surface area contributed by atoms with E-state index < -0.39 is 0 Å². The highest BCUT2D eigenvalue weighted by Crippen LogP contribution is 2.37. The molecule has 0 spiro atoms. The number of anilines is 1. The summed E-state index contributed by atoms with van der Waals surface area (Å²) in [7, 11) is 3.24. The monoisotopic (exact) mass is 494 g/mol. The number of methoxy groups -OCH3 is 2. The first-order valence-electron chi connectivity index (χ1n) is 10.7. The highest BCUT2D eigenvalue weighted by molar-refractivity contribution is 9.10. The molecule has 0 saturated heterocycles. The number of benzene rings is 3. The van der Waals surface area contributed by atoms with Crippen molar-refractivity contribution in [2.75, 3.05) is 19.5 Å². The number of amides is 2. The van der Waals surface area contributed by atoms with Crippen molar-refractivity contribution in [1.29, 1.82) is 0 Å². The Morgan fingerprint density at radius 1 is 1.03 bits per heavy atom. The summed E-state index contributed by atoms with van der Waals surface area (Å²) in [6.45, 7) is 0.454. The van der Waals surface area contributed by atoms with Crippen molar-refractivity contribution >= 4 is 27.6 Å². The second-order valence-corrected chi connectivity index (χ2v) is 8.69. The lowest BCUT2D eigenvalue weighted by atomic mass is 9.86. The van der Waals surface area contributed by atoms with Crippen LogP contribution in [0.1, 0.15) is 35.6 Å². The average Bonchev–Trinajstić information content (AvgIpc) is 2.83. The fraction of sp³-hybridized carbons (Fsp3) is 0.269. The number of rotatable bonds is 6. The second kappa shape index (κ2) is 10.1. The summed E-state index contributed by atoms with van der Waals surface area (Å²) < 4.78 is 11.7. The molecule has 3 aromatic rings. The Labute approximate surface area is 197 Å². The summed E-state index contributed by atoms with van der Waals surface area (Å²) in [5.41, 5.74) is 4.27. The quantitative estimate of drug-likeness (QED) is 0.421. The van der Waals surface area contributed by atoms with Crippen LogP contribution in [0.3, 0.4) is 0 Å². The molecule has 5 nitrogen and oxygen atoms in total. The van der Waals surface area contributed by atoms with Crippen LogP contribution in [-0.4, -0.2) is 25.2 Å². The van der Waals surface area contributed by atoms with Crippen LogP contribution >= 0.6 is 15.9 Å². The first kappa shape index (κ1) is 22.2. The number of urea groups is 1. The van der Waals surface area contributed by atoms with Gasteiger partial charge >= 0.3 is 6.03 Å². The fourth-order valence-electron chi connectivity index (χ4n) is 4.30. The van der Waals surface area contributed by atoms with Crippen molar-refractivity contribution in [3.05, 3.63) is 87.9 Å². The molecular weight excluding hydrogens is 468 g/mol. The van der Waals surface area contributed by atoms with Gasteiger partial charge < -0.3 is 19.7 Å². The van der Waals surface area contributed by atoms with Crippen LogP contribution < -0.4 is 14.8 Å². The maximum absolute atomic E-state index is 13.6. The largest absolute Gasteiger partial charge is 0.493 e. The second-order valence-electron chi connectivity index (χ2n) is 7.83. The number of carbonyl (C=O) groups excluding carboxylic acids is 1. The molecule has 166 valence electrons. The Morgan fingerprint density at radius 3 is 2.56 bits per heavy atom. The number of carbonyl (C=O) groups is 1. The predicted octanol–water partition coefficient (Wildman–Crippen LogP) is 6.58. The van der Waals surface area contributed by atoms with Crippen molar-refractivity contribution in [1.82, 2.24) is 4.90 Å². The Bertz CT molecular complexity index is 1100. The molecule has 0 heterocycles. The molecule has 0 fully saturated rings. The molecule has 1 unspecified atom stereocenters. The summed E-state index contributed by atoms with van der Waals surface area (Å²) in [6, 6.07) is 21.8. The number of halogens is 1. The van der Waals surface area contributed by atoms with E-state index in [1.165, 1.54) is 11.1 Å². The zero-order valence-corrected chi connectivity index (χ0v) is 19.9. The van der Waals surface area contributed by atoms with Gasteiger partial charge in [0.1, 0.15) is 0 Å². The summed E-state index contributed by atoms with van der Waals surface area (Å²) in [4.78, 5) is 15.5. The standard InChI is InChI=1S/C26H27BrN2O3/c1-31-24-15-14-18(16-25(24)32-2)17-29(26(30)28-22-12-6-5-11-21(22)27)23-13-7-9-19-8-3-4-10-20(19)23/h3-6,8,10-12,14-16,23H,7,9,13,17H2,1-2H3,(H,28,30). The van der Waals surface area contributed by atoms with Crippen LogP contribution in [0.4, 0.5) is 10.5 Å². The highest BCUT2D eigenvalue weighted by Gasteiger charge is 2.30. The fourth-order valence-corrected chi connectivity index (χ4v) is 4.68. The Hall–Kier alpha value is -2.99. The lowest BCUT2D eigenvalue weighted by Gasteiger charge is -2.36. The minimum absolute atomic E-state index is 0.00413. The van der Waals surface area contributed by atoms with E-state index in [2.05, 4.69) is 45.5 Å². The van der Waals surface area contributed by atoms with Crippen LogP contribution in [0, 0.1) is 0 Å². The van der Waals surface area contributed by atoms with Crippen LogP contribution in [-0.2, 0) is 13.0 Å². The van der Waals surface area contributed by atoms with E-state index in [9.17, 15) is 4.79 Å². The highest BCUT2D eigenvalue weighted by atomic mass is 79.9. The smallest absolute Gasteiger partial charge is 0.322 e. The third-order valence-electron chi connectivity index (χ3n) is 5.89. The van der Waals surface area contributed by atoms with E-state index in [1.54, 1.807) is 14.2 Å². The number of hydrogen-bond donors (Lipinski definition) is 1. The molecule has 4 rings (SSSR count). The first-order chi connectivity index (χ1) is 15.6. The van der Waals surface area contributed by atoms with Gasteiger partial charge in [-0.15, -0.1) is 0 Å². The van der Waals surface area contributed by atoms with Crippen molar-refractivity contribution in [3.8, 4) is 11.5 Å². The molecule has 0 saturated carbocycles. The Balaban J connectivity index is 1.69. The molecule has 1 atom stereocenters. The van der Waals surface area contributed by atoms with Crippen molar-refractivity contribution in [2.45, 2.75) is 31.8 Å². The molecule has 0 bridgehead atoms. The van der Waals surface area contributed by atoms with Gasteiger partial charge in [0.05, 0.1) is 25.9 Å². The molecule has 32 heavy (non-hydrogen) atoms. The van der Waals surface area contributed by atoms with E-state index in [-0.39, 0.29) is 12.1 Å². The Kier molecular flexibility index (Phi) is 7.00. The third kappa shape index (κ3) is 4.75. The van der Waals surface area contributed by atoms with E-state index in [4.69, 9.17) is 9.47 Å². The zero-order valence-electron chi connectivity index (χ0n) is 18.3. The summed E-state index contributed by atoms with van der Waals surface area (Å²) in [6.07, 6.45) is 3.02. The summed E-state index contributed by atoms with van der Waals surface area (Å²) >= 11 is 3.53. The van der Waals surface area contributed by atoms with Gasteiger partial charge in [-0.2, -0.15) is 0 Å². The average molecular weight is 495 g/mol. The molecule has 6 heteroatoms. The van der Waals surface area contributed by atoms with Gasteiger partial charge in [0, 0.05) is 11.0 Å². The summed E-state index contributed by atoms with van der Waals surface area (Å²) in [5, 5.41) is 3.09. The first-order valence-corrected chi connectivity index (χ1v) is 11.5. The maximum atomic E-state index is 13.6. The van der Waals surface area contributed by atoms with Crippen molar-refractivity contribution < 1.29 is 14.3 Å². The van der Waals surface area contributed by atoms with E-state index in [0.717, 1.165) is 35.0 Å². The number of nitrogens with one attached hydrogen (secondary N) is 1. The van der Waals surface area contributed by atoms with Gasteiger partial charge in [0.2, 0.25) is 0 Å². The van der Waals surface area contributed by atoms with Crippen LogP contribution in [0.5, 0.6) is 11.5 Å². The van der Waals surface area contributed by atoms with Gasteiger partial charge in [0.25, 0.3) is 0 Å². The van der Waals surface area contributed by atoms with Crippen LogP contribution in [0.25, 0.3) is 0 Å². The number of nitrogens with zero attached hydrogens (tertiary/aromatic N) is 1. The van der Waals surface area contributed by atoms with Gasteiger partial charge in [-0.3, -0.25) is 0 Å². The van der Waals surface area contributed by atoms with E-state index in [1.807, 2.05) is 47.4 Å². The van der Waals surface area contributed by atoms with Crippen LogP contribution in [0.2, 0.25) is 0 Å². The van der Waals surface area contributed by atoms with Gasteiger partial charge in [-0.1, -0.05) is 42.5 Å². The van der Waals surface area contributed by atoms with Gasteiger partial charge in [-0.25, -0.2) is 4.79 Å². The third-order valence-corrected chi connectivity index (χ3v) is 6.58. The molecule has 1 aliphatic carbocycles. The van der Waals surface area contributed by atoms with E-state index >= 15 is 0 Å². The predicted molar refractivity (Wildman–Crippen MR) is 130 cm³/mol. The maximum Gasteiger partial charge on any atom is 0.322 e. The molecule has 3 aromatic carbocycles. The molecule has 2 amide bonds.